The van der Waals surface area contributed by atoms with E-state index in [2.05, 4.69) is 9.97 Å². The highest BCUT2D eigenvalue weighted by Crippen LogP contribution is 2.29. The third-order valence-electron chi connectivity index (χ3n) is 2.34. The number of H-pyrrole nitrogens is 1. The van der Waals surface area contributed by atoms with E-state index in [1.807, 2.05) is 0 Å². The van der Waals surface area contributed by atoms with Gasteiger partial charge in [0.25, 0.3) is 0 Å². The van der Waals surface area contributed by atoms with Crippen molar-refractivity contribution in [3.8, 4) is 5.75 Å². The van der Waals surface area contributed by atoms with Gasteiger partial charge in [-0.25, -0.2) is 4.98 Å². The van der Waals surface area contributed by atoms with Crippen LogP contribution in [0, 0.1) is 0 Å². The molecule has 6 heteroatoms. The number of fused-ring (bicyclic) bond motifs is 1. The maximum absolute atomic E-state index is 10.9. The monoisotopic (exact) mass is 248 g/mol. The van der Waals surface area contributed by atoms with Crippen molar-refractivity contribution in [2.75, 3.05) is 6.61 Å². The molecule has 2 N–H and O–H groups in total. The van der Waals surface area contributed by atoms with Gasteiger partial charge in [-0.1, -0.05) is 0 Å². The van der Waals surface area contributed by atoms with Crippen LogP contribution in [0.1, 0.15) is 12.6 Å². The number of aliphatic carboxylic acids is 1. The van der Waals surface area contributed by atoms with Crippen LogP contribution >= 0.6 is 0 Å². The fourth-order valence-corrected chi connectivity index (χ4v) is 1.66. The number of hydrogen-bond donors (Lipinski definition) is 2. The lowest BCUT2D eigenvalue weighted by Gasteiger charge is -2.04. The van der Waals surface area contributed by atoms with E-state index in [1.54, 1.807) is 18.3 Å². The molecule has 2 aromatic heterocycles. The number of carboxylic acid groups (broad SMARTS) is 1. The zero-order chi connectivity index (χ0) is 13.1. The van der Waals surface area contributed by atoms with Gasteiger partial charge in [0, 0.05) is 6.20 Å². The van der Waals surface area contributed by atoms with E-state index >= 15 is 0 Å². The Kier molecular flexibility index (Phi) is 3.27. The lowest BCUT2D eigenvalue weighted by Crippen LogP contribution is -2.09. The molecule has 0 aliphatic carbocycles. The largest absolute Gasteiger partial charge is 0.483 e. The van der Waals surface area contributed by atoms with Crippen molar-refractivity contribution in [1.29, 1.82) is 0 Å². The number of ketones is 1. The number of nitrogens with zero attached hydrogens (tertiary/aromatic N) is 1. The van der Waals surface area contributed by atoms with Gasteiger partial charge in [-0.15, -0.1) is 0 Å². The predicted molar refractivity (Wildman–Crippen MR) is 63.6 cm³/mol. The molecule has 0 bridgehead atoms. The summed E-state index contributed by atoms with van der Waals surface area (Å²) in [4.78, 5) is 28.7. The summed E-state index contributed by atoms with van der Waals surface area (Å²) >= 11 is 0. The van der Waals surface area contributed by atoms with Gasteiger partial charge in [-0.3, -0.25) is 9.59 Å². The average Bonchev–Trinajstić information content (AvgIpc) is 2.62. The highest BCUT2D eigenvalue weighted by molar-refractivity contribution is 5.87. The first-order valence-electron chi connectivity index (χ1n) is 5.37. The van der Waals surface area contributed by atoms with Crippen LogP contribution in [-0.4, -0.2) is 33.4 Å². The fraction of sp³-hybridized carbons (Fsp3) is 0.250. The smallest absolute Gasteiger partial charge is 0.309 e. The minimum Gasteiger partial charge on any atom is -0.483 e. The molecule has 94 valence electrons. The van der Waals surface area contributed by atoms with Gasteiger partial charge in [-0.2, -0.15) is 0 Å². The molecule has 0 radical (unpaired) electrons. The second kappa shape index (κ2) is 4.87. The summed E-state index contributed by atoms with van der Waals surface area (Å²) in [6.45, 7) is 1.32. The van der Waals surface area contributed by atoms with E-state index in [9.17, 15) is 9.59 Å². The second-order valence-electron chi connectivity index (χ2n) is 3.89. The number of Topliss-reactive ketones (excluding diaryl/α,β-unsaturated/α-hetero) is 1. The molecule has 0 fully saturated rings. The molecule has 0 saturated heterocycles. The molecule has 0 unspecified atom stereocenters. The topological polar surface area (TPSA) is 92.3 Å². The molecular formula is C12H12N2O4. The summed E-state index contributed by atoms with van der Waals surface area (Å²) in [6, 6.07) is 3.49. The number of hydrogen-bond acceptors (Lipinski definition) is 4. The first kappa shape index (κ1) is 12.1. The van der Waals surface area contributed by atoms with E-state index in [0.29, 0.717) is 22.5 Å². The number of rotatable bonds is 5. The standard InChI is InChI=1S/C12H12N2O4/c1-7(15)6-18-11-8-3-2-4-13-12(8)14-9(11)5-10(16)17/h2-4H,5-6H2,1H3,(H,13,14)(H,16,17). The summed E-state index contributed by atoms with van der Waals surface area (Å²) in [6.07, 6.45) is 1.39. The third kappa shape index (κ3) is 2.48. The molecule has 0 spiro atoms. The summed E-state index contributed by atoms with van der Waals surface area (Å²) in [5.41, 5.74) is 0.963. The molecule has 0 saturated carbocycles. The average molecular weight is 248 g/mol. The zero-order valence-electron chi connectivity index (χ0n) is 9.77. The van der Waals surface area contributed by atoms with Crippen LogP contribution in [0.25, 0.3) is 11.0 Å². The van der Waals surface area contributed by atoms with Gasteiger partial charge in [-0.05, 0) is 19.1 Å². The first-order valence-corrected chi connectivity index (χ1v) is 5.37. The van der Waals surface area contributed by atoms with Crippen molar-refractivity contribution in [2.45, 2.75) is 13.3 Å². The second-order valence-corrected chi connectivity index (χ2v) is 3.89. The number of carbonyl (C=O) groups is 2. The third-order valence-corrected chi connectivity index (χ3v) is 2.34. The Bertz CT molecular complexity index is 603. The SMILES string of the molecule is CC(=O)COc1c(CC(=O)O)[nH]c2ncccc12. The van der Waals surface area contributed by atoms with Gasteiger partial charge >= 0.3 is 5.97 Å². The van der Waals surface area contributed by atoms with Crippen LogP contribution in [-0.2, 0) is 16.0 Å². The summed E-state index contributed by atoms with van der Waals surface area (Å²) < 4.78 is 5.37. The van der Waals surface area contributed by atoms with Gasteiger partial charge in [0.15, 0.2) is 11.5 Å². The number of aromatic amines is 1. The molecule has 0 atom stereocenters. The number of nitrogens with one attached hydrogen (secondary N) is 1. The van der Waals surface area contributed by atoms with Crippen LogP contribution < -0.4 is 4.74 Å². The highest BCUT2D eigenvalue weighted by Gasteiger charge is 2.16. The molecule has 6 nitrogen and oxygen atoms in total. The highest BCUT2D eigenvalue weighted by atomic mass is 16.5. The fourth-order valence-electron chi connectivity index (χ4n) is 1.66. The summed E-state index contributed by atoms with van der Waals surface area (Å²) in [7, 11) is 0. The van der Waals surface area contributed by atoms with E-state index in [1.165, 1.54) is 6.92 Å². The van der Waals surface area contributed by atoms with Gasteiger partial charge in [0.05, 0.1) is 17.5 Å². The lowest BCUT2D eigenvalue weighted by molar-refractivity contribution is -0.136. The van der Waals surface area contributed by atoms with E-state index < -0.39 is 5.97 Å². The van der Waals surface area contributed by atoms with E-state index in [4.69, 9.17) is 9.84 Å². The zero-order valence-corrected chi connectivity index (χ0v) is 9.77. The Morgan fingerprint density at radius 1 is 1.50 bits per heavy atom. The number of aromatic nitrogens is 2. The Labute approximate surface area is 103 Å². The van der Waals surface area contributed by atoms with Crippen LogP contribution in [0.3, 0.4) is 0 Å². The van der Waals surface area contributed by atoms with Crippen molar-refractivity contribution in [1.82, 2.24) is 9.97 Å². The summed E-state index contributed by atoms with van der Waals surface area (Å²) in [5, 5.41) is 9.51. The van der Waals surface area contributed by atoms with Gasteiger partial charge in [0.1, 0.15) is 12.3 Å². The van der Waals surface area contributed by atoms with E-state index in [0.717, 1.165) is 0 Å². The van der Waals surface area contributed by atoms with E-state index in [-0.39, 0.29) is 18.8 Å². The Balaban J connectivity index is 2.43. The van der Waals surface area contributed by atoms with Gasteiger partial charge in [0.2, 0.25) is 0 Å². The maximum Gasteiger partial charge on any atom is 0.309 e. The molecule has 2 aromatic rings. The first-order chi connectivity index (χ1) is 8.58. The van der Waals surface area contributed by atoms with Crippen molar-refractivity contribution < 1.29 is 19.4 Å². The predicted octanol–water partition coefficient (Wildman–Crippen LogP) is 1.16. The quantitative estimate of drug-likeness (QED) is 0.828. The number of carbonyl (C=O) groups excluding carboxylic acids is 1. The maximum atomic E-state index is 10.9. The molecule has 18 heavy (non-hydrogen) atoms. The summed E-state index contributed by atoms with van der Waals surface area (Å²) in [5.74, 6) is -0.723. The molecule has 2 rings (SSSR count). The lowest BCUT2D eigenvalue weighted by atomic mass is 10.2. The van der Waals surface area contributed by atoms with Crippen molar-refractivity contribution >= 4 is 22.8 Å². The number of carboxylic acids is 1. The normalized spacial score (nSPS) is 10.5. The molecule has 2 heterocycles. The molecular weight excluding hydrogens is 236 g/mol. The van der Waals surface area contributed by atoms with Crippen LogP contribution in [0.15, 0.2) is 18.3 Å². The molecule has 0 aliphatic heterocycles. The Morgan fingerprint density at radius 2 is 2.28 bits per heavy atom. The number of ether oxygens (including phenoxy) is 1. The molecule has 0 amide bonds. The van der Waals surface area contributed by atoms with Crippen LogP contribution in [0.5, 0.6) is 5.75 Å². The van der Waals surface area contributed by atoms with Crippen LogP contribution in [0.4, 0.5) is 0 Å². The minimum absolute atomic E-state index is 0.0888. The Morgan fingerprint density at radius 3 is 2.94 bits per heavy atom. The number of pyridine rings is 1. The minimum atomic E-state index is -0.978. The Hall–Kier alpha value is -2.37. The van der Waals surface area contributed by atoms with Crippen molar-refractivity contribution in [3.63, 3.8) is 0 Å². The van der Waals surface area contributed by atoms with Crippen LogP contribution in [0.2, 0.25) is 0 Å². The van der Waals surface area contributed by atoms with Crippen molar-refractivity contribution in [2.24, 2.45) is 0 Å². The van der Waals surface area contributed by atoms with Crippen molar-refractivity contribution in [3.05, 3.63) is 24.0 Å². The molecule has 0 aliphatic rings. The van der Waals surface area contributed by atoms with Gasteiger partial charge < -0.3 is 14.8 Å². The molecule has 0 aromatic carbocycles.